The van der Waals surface area contributed by atoms with Gasteiger partial charge in [-0.15, -0.1) is 0 Å². The number of amides is 1. The number of hydrogen-bond acceptors (Lipinski definition) is 6. The van der Waals surface area contributed by atoms with Crippen LogP contribution in [0.25, 0.3) is 17.7 Å². The fourth-order valence-corrected chi connectivity index (χ4v) is 4.92. The van der Waals surface area contributed by atoms with Gasteiger partial charge in [-0.05, 0) is 66.6 Å². The van der Waals surface area contributed by atoms with Gasteiger partial charge in [-0.1, -0.05) is 55.2 Å². The van der Waals surface area contributed by atoms with Crippen LogP contribution in [0, 0.1) is 11.6 Å². The van der Waals surface area contributed by atoms with E-state index >= 15 is 0 Å². The number of anilines is 1. The van der Waals surface area contributed by atoms with E-state index in [9.17, 15) is 22.4 Å². The Labute approximate surface area is 282 Å². The Bertz CT molecular complexity index is 1880. The number of piperidine rings is 1. The minimum Gasteiger partial charge on any atom is -0.459 e. The van der Waals surface area contributed by atoms with Crippen molar-refractivity contribution in [3.63, 3.8) is 0 Å². The summed E-state index contributed by atoms with van der Waals surface area (Å²) in [4.78, 5) is 18.3. The number of aromatic nitrogens is 1. The summed E-state index contributed by atoms with van der Waals surface area (Å²) in [6.07, 6.45) is 8.58. The molecule has 1 aliphatic rings. The number of hydrogen-bond donors (Lipinski definition) is 2. The van der Waals surface area contributed by atoms with E-state index in [1.54, 1.807) is 35.8 Å². The molecule has 4 aromatic rings. The molecule has 1 fully saturated rings. The van der Waals surface area contributed by atoms with Crippen molar-refractivity contribution in [3.05, 3.63) is 136 Å². The normalized spacial score (nSPS) is 15.4. The number of rotatable bonds is 9. The highest BCUT2D eigenvalue weighted by Crippen LogP contribution is 2.26. The third kappa shape index (κ3) is 10.6. The Morgan fingerprint density at radius 1 is 1.08 bits per heavy atom. The van der Waals surface area contributed by atoms with Crippen molar-refractivity contribution in [2.24, 2.45) is 0 Å². The first-order valence-corrected chi connectivity index (χ1v) is 15.6. The van der Waals surface area contributed by atoms with Gasteiger partial charge in [0.25, 0.3) is 5.92 Å². The van der Waals surface area contributed by atoms with Crippen molar-refractivity contribution in [2.75, 3.05) is 25.9 Å². The zero-order valence-corrected chi connectivity index (χ0v) is 27.2. The molecular weight excluding hydrogens is 640 g/mol. The van der Waals surface area contributed by atoms with Crippen LogP contribution >= 0.6 is 12.2 Å². The van der Waals surface area contributed by atoms with Crippen LogP contribution in [0.5, 0.6) is 0 Å². The largest absolute Gasteiger partial charge is 0.459 e. The van der Waals surface area contributed by atoms with Gasteiger partial charge < -0.3 is 20.4 Å². The van der Waals surface area contributed by atoms with Crippen LogP contribution < -0.4 is 21.7 Å². The maximum absolute atomic E-state index is 14.7. The SMILES string of the molecule is C=C/C(c1ccc(F)cc1F)=c1/oc(CNC(=O)/C=C/c2ccc(N)nc2)c/c1=C/Cc1ccc(C=S)cc1.CN1CCC(F)(F)CC1. The van der Waals surface area contributed by atoms with Gasteiger partial charge in [-0.2, -0.15) is 0 Å². The molecule has 250 valence electrons. The lowest BCUT2D eigenvalue weighted by Gasteiger charge is -2.28. The van der Waals surface area contributed by atoms with Crippen LogP contribution in [0.3, 0.4) is 0 Å². The second-order valence-electron chi connectivity index (χ2n) is 11.2. The zero-order chi connectivity index (χ0) is 34.7. The number of benzene rings is 2. The molecule has 11 heteroatoms. The summed E-state index contributed by atoms with van der Waals surface area (Å²) in [6, 6.07) is 16.3. The Hall–Kier alpha value is -4.87. The molecule has 3 N–H and O–H groups in total. The molecule has 0 bridgehead atoms. The molecule has 1 saturated heterocycles. The van der Waals surface area contributed by atoms with Crippen molar-refractivity contribution >= 4 is 47.0 Å². The van der Waals surface area contributed by atoms with Crippen molar-refractivity contribution in [1.82, 2.24) is 15.2 Å². The molecular formula is C37H36F4N4O2S. The molecule has 3 heterocycles. The molecule has 1 amide bonds. The summed E-state index contributed by atoms with van der Waals surface area (Å²) in [5.74, 6) is -3.30. The standard InChI is InChI=1S/C31H25F2N3O2S.C6H11F2N/c1-2-26(27-12-11-24(32)16-28(27)33)31-23(10-7-20-3-5-22(19-39)6-4-20)15-25(38-31)18-36-30(37)14-9-21-8-13-29(34)35-17-21;1-9-4-2-6(7,8)3-5-9/h2-6,8-17,19H,1,7,18H2,(H2,34,35)(H,36,37);2-5H2,1H3/b14-9+,23-10-,31-26-;. The molecule has 0 spiro atoms. The molecule has 0 radical (unpaired) electrons. The fourth-order valence-electron chi connectivity index (χ4n) is 4.77. The minimum absolute atomic E-state index is 0.0312. The molecule has 2 aromatic heterocycles. The summed E-state index contributed by atoms with van der Waals surface area (Å²) in [5.41, 5.74) is 9.15. The second-order valence-corrected chi connectivity index (χ2v) is 11.5. The number of alkyl halides is 2. The molecule has 6 nitrogen and oxygen atoms in total. The van der Waals surface area contributed by atoms with E-state index in [4.69, 9.17) is 22.4 Å². The average Bonchev–Trinajstić information content (AvgIpc) is 3.48. The first-order chi connectivity index (χ1) is 23.0. The quantitative estimate of drug-likeness (QED) is 0.129. The van der Waals surface area contributed by atoms with E-state index in [0.29, 0.717) is 47.3 Å². The molecule has 0 saturated carbocycles. The third-order valence-corrected chi connectivity index (χ3v) is 7.82. The lowest BCUT2D eigenvalue weighted by atomic mass is 10.0. The number of carbonyl (C=O) groups excluding carboxylic acids is 1. The van der Waals surface area contributed by atoms with Gasteiger partial charge in [0, 0.05) is 66.0 Å². The van der Waals surface area contributed by atoms with Gasteiger partial charge in [0.2, 0.25) is 5.91 Å². The van der Waals surface area contributed by atoms with E-state index in [2.05, 4.69) is 16.9 Å². The zero-order valence-electron chi connectivity index (χ0n) is 26.4. The smallest absolute Gasteiger partial charge is 0.250 e. The van der Waals surface area contributed by atoms with Crippen LogP contribution in [0.2, 0.25) is 0 Å². The van der Waals surface area contributed by atoms with E-state index < -0.39 is 17.6 Å². The molecule has 1 aliphatic heterocycles. The Balaban J connectivity index is 0.000000500. The summed E-state index contributed by atoms with van der Waals surface area (Å²) in [6.45, 7) is 4.98. The number of likely N-dealkylation sites (tertiary alicyclic amines) is 1. The third-order valence-electron chi connectivity index (χ3n) is 7.55. The van der Waals surface area contributed by atoms with Gasteiger partial charge in [0.15, 0.2) is 0 Å². The van der Waals surface area contributed by atoms with Gasteiger partial charge >= 0.3 is 0 Å². The van der Waals surface area contributed by atoms with Crippen molar-refractivity contribution < 1.29 is 26.8 Å². The predicted octanol–water partition coefficient (Wildman–Crippen LogP) is 5.97. The van der Waals surface area contributed by atoms with Crippen LogP contribution in [0.4, 0.5) is 23.4 Å². The topological polar surface area (TPSA) is 84.4 Å². The molecule has 5 rings (SSSR count). The van der Waals surface area contributed by atoms with Crippen LogP contribution in [-0.2, 0) is 17.8 Å². The van der Waals surface area contributed by atoms with Crippen LogP contribution in [0.15, 0.2) is 90.0 Å². The molecule has 0 aliphatic carbocycles. The van der Waals surface area contributed by atoms with Crippen molar-refractivity contribution in [1.29, 1.82) is 0 Å². The average molecular weight is 677 g/mol. The predicted molar refractivity (Wildman–Crippen MR) is 186 cm³/mol. The first kappa shape index (κ1) is 36.0. The van der Waals surface area contributed by atoms with Gasteiger partial charge in [-0.25, -0.2) is 22.5 Å². The number of carbonyl (C=O) groups is 1. The van der Waals surface area contributed by atoms with Crippen LogP contribution in [-0.4, -0.2) is 47.2 Å². The molecule has 48 heavy (non-hydrogen) atoms. The van der Waals surface area contributed by atoms with Gasteiger partial charge in [0.05, 0.1) is 6.54 Å². The number of allylic oxidation sites excluding steroid dienone is 1. The number of nitrogen functional groups attached to an aromatic ring is 1. The minimum atomic E-state index is -2.38. The maximum Gasteiger partial charge on any atom is 0.250 e. The maximum atomic E-state index is 14.7. The van der Waals surface area contributed by atoms with Gasteiger partial charge in [-0.3, -0.25) is 4.79 Å². The molecule has 0 unspecified atom stereocenters. The number of halogens is 4. The summed E-state index contributed by atoms with van der Waals surface area (Å²) in [5, 5.41) is 5.06. The monoisotopic (exact) mass is 676 g/mol. The van der Waals surface area contributed by atoms with E-state index in [-0.39, 0.29) is 30.9 Å². The van der Waals surface area contributed by atoms with E-state index in [1.807, 2.05) is 42.3 Å². The lowest BCUT2D eigenvalue weighted by molar-refractivity contribution is -0.116. The van der Waals surface area contributed by atoms with Crippen molar-refractivity contribution in [2.45, 2.75) is 31.7 Å². The molecule has 0 atom stereocenters. The van der Waals surface area contributed by atoms with E-state index in [1.165, 1.54) is 24.3 Å². The van der Waals surface area contributed by atoms with Gasteiger partial charge in [0.1, 0.15) is 28.6 Å². The summed E-state index contributed by atoms with van der Waals surface area (Å²) < 4.78 is 59.0. The highest BCUT2D eigenvalue weighted by Gasteiger charge is 2.32. The summed E-state index contributed by atoms with van der Waals surface area (Å²) in [7, 11) is 1.87. The number of furan rings is 1. The van der Waals surface area contributed by atoms with Crippen LogP contribution in [0.1, 0.15) is 40.9 Å². The number of nitrogens with one attached hydrogen (secondary N) is 1. The number of thiocarbonyl (C=S) groups is 1. The lowest BCUT2D eigenvalue weighted by Crippen LogP contribution is -2.36. The second kappa shape index (κ2) is 16.8. The first-order valence-electron chi connectivity index (χ1n) is 15.2. The number of nitrogens with two attached hydrogens (primary N) is 1. The Morgan fingerprint density at radius 2 is 1.79 bits per heavy atom. The van der Waals surface area contributed by atoms with E-state index in [0.717, 1.165) is 22.8 Å². The highest BCUT2D eigenvalue weighted by atomic mass is 32.1. The number of nitrogens with zero attached hydrogens (tertiary/aromatic N) is 2. The fraction of sp³-hybridized carbons (Fsp3) is 0.216. The summed E-state index contributed by atoms with van der Waals surface area (Å²) >= 11 is 4.97. The molecule has 2 aromatic carbocycles. The Kier molecular flexibility index (Phi) is 12.6. The highest BCUT2D eigenvalue weighted by molar-refractivity contribution is 7.79. The van der Waals surface area contributed by atoms with Crippen molar-refractivity contribution in [3.8, 4) is 0 Å². The Morgan fingerprint density at radius 3 is 2.40 bits per heavy atom. The number of pyridine rings is 1.